The molecule has 1 aliphatic carbocycles. The van der Waals surface area contributed by atoms with Crippen molar-refractivity contribution >= 4 is 0 Å². The number of rotatable bonds is 7. The van der Waals surface area contributed by atoms with Gasteiger partial charge in [0.05, 0.1) is 6.10 Å². The van der Waals surface area contributed by atoms with Gasteiger partial charge in [-0.3, -0.25) is 0 Å². The largest absolute Gasteiger partial charge is 0.393 e. The predicted octanol–water partition coefficient (Wildman–Crippen LogP) is 3.51. The van der Waals surface area contributed by atoms with E-state index in [0.29, 0.717) is 0 Å². The molecule has 78 valence electrons. The molecule has 1 aliphatic rings. The summed E-state index contributed by atoms with van der Waals surface area (Å²) in [7, 11) is 0. The third kappa shape index (κ3) is 4.66. The summed E-state index contributed by atoms with van der Waals surface area (Å²) in [5, 5.41) is 9.09. The highest BCUT2D eigenvalue weighted by atomic mass is 16.3. The molecule has 0 heterocycles. The van der Waals surface area contributed by atoms with Crippen molar-refractivity contribution in [1.29, 1.82) is 0 Å². The van der Waals surface area contributed by atoms with Gasteiger partial charge >= 0.3 is 0 Å². The van der Waals surface area contributed by atoms with E-state index in [-0.39, 0.29) is 6.10 Å². The van der Waals surface area contributed by atoms with Gasteiger partial charge in [-0.15, -0.1) is 0 Å². The van der Waals surface area contributed by atoms with E-state index < -0.39 is 0 Å². The van der Waals surface area contributed by atoms with Crippen LogP contribution in [0.3, 0.4) is 0 Å². The van der Waals surface area contributed by atoms with Crippen LogP contribution in [0.1, 0.15) is 64.7 Å². The molecule has 0 saturated heterocycles. The first kappa shape index (κ1) is 11.0. The van der Waals surface area contributed by atoms with E-state index in [1.54, 1.807) is 0 Å². The van der Waals surface area contributed by atoms with E-state index in [1.165, 1.54) is 44.9 Å². The zero-order chi connectivity index (χ0) is 9.52. The molecule has 0 atom stereocenters. The smallest absolute Gasteiger partial charge is 0.0545 e. The highest BCUT2D eigenvalue weighted by Gasteiger charge is 2.25. The first-order chi connectivity index (χ1) is 6.33. The monoisotopic (exact) mass is 184 g/mol. The molecule has 0 aromatic heterocycles. The van der Waals surface area contributed by atoms with E-state index in [1.807, 2.05) is 0 Å². The van der Waals surface area contributed by atoms with Gasteiger partial charge in [-0.25, -0.2) is 0 Å². The summed E-state index contributed by atoms with van der Waals surface area (Å²) in [5.41, 5.74) is 0. The second-order valence-electron chi connectivity index (χ2n) is 4.55. The van der Waals surface area contributed by atoms with Crippen molar-refractivity contribution in [2.24, 2.45) is 5.92 Å². The molecule has 0 bridgehead atoms. The summed E-state index contributed by atoms with van der Waals surface area (Å²) >= 11 is 0. The van der Waals surface area contributed by atoms with Crippen molar-refractivity contribution in [1.82, 2.24) is 0 Å². The van der Waals surface area contributed by atoms with Crippen molar-refractivity contribution in [3.05, 3.63) is 0 Å². The minimum Gasteiger partial charge on any atom is -0.393 e. The van der Waals surface area contributed by atoms with Crippen LogP contribution in [0, 0.1) is 5.92 Å². The Morgan fingerprint density at radius 1 is 1.00 bits per heavy atom. The van der Waals surface area contributed by atoms with E-state index in [2.05, 4.69) is 6.92 Å². The molecule has 1 N–H and O–H groups in total. The van der Waals surface area contributed by atoms with Gasteiger partial charge in [0.2, 0.25) is 0 Å². The van der Waals surface area contributed by atoms with E-state index in [0.717, 1.165) is 18.8 Å². The molecule has 13 heavy (non-hydrogen) atoms. The molecular weight excluding hydrogens is 160 g/mol. The van der Waals surface area contributed by atoms with Crippen LogP contribution in [-0.4, -0.2) is 11.2 Å². The molecule has 1 nitrogen and oxygen atoms in total. The van der Waals surface area contributed by atoms with Crippen molar-refractivity contribution in [3.63, 3.8) is 0 Å². The Labute approximate surface area is 82.5 Å². The number of unbranched alkanes of at least 4 members (excludes halogenated alkanes) is 5. The van der Waals surface area contributed by atoms with Gasteiger partial charge in [-0.1, -0.05) is 51.9 Å². The van der Waals surface area contributed by atoms with Crippen molar-refractivity contribution in [3.8, 4) is 0 Å². The maximum atomic E-state index is 9.09. The van der Waals surface area contributed by atoms with Crippen LogP contribution in [0.2, 0.25) is 0 Å². The maximum Gasteiger partial charge on any atom is 0.0545 e. The fourth-order valence-electron chi connectivity index (χ4n) is 2.15. The van der Waals surface area contributed by atoms with Crippen molar-refractivity contribution < 1.29 is 5.11 Å². The summed E-state index contributed by atoms with van der Waals surface area (Å²) < 4.78 is 0. The number of hydrogen-bond donors (Lipinski definition) is 1. The third-order valence-corrected chi connectivity index (χ3v) is 3.18. The van der Waals surface area contributed by atoms with Crippen LogP contribution in [0.5, 0.6) is 0 Å². The molecule has 0 aromatic carbocycles. The standard InChI is InChI=1S/C12H24O/c1-2-3-4-5-6-7-8-11-9-12(13)10-11/h11-13H,2-10H2,1H3. The van der Waals surface area contributed by atoms with Gasteiger partial charge in [-0.2, -0.15) is 0 Å². The highest BCUT2D eigenvalue weighted by Crippen LogP contribution is 2.31. The van der Waals surface area contributed by atoms with Crippen molar-refractivity contribution in [2.45, 2.75) is 70.8 Å². The zero-order valence-corrected chi connectivity index (χ0v) is 8.97. The number of aliphatic hydroxyl groups is 1. The van der Waals surface area contributed by atoms with Crippen LogP contribution in [0.15, 0.2) is 0 Å². The van der Waals surface area contributed by atoms with Crippen LogP contribution in [0.25, 0.3) is 0 Å². The summed E-state index contributed by atoms with van der Waals surface area (Å²) in [4.78, 5) is 0. The molecule has 0 radical (unpaired) electrons. The Kier molecular flexibility index (Phi) is 5.45. The second-order valence-corrected chi connectivity index (χ2v) is 4.55. The molecule has 1 saturated carbocycles. The highest BCUT2D eigenvalue weighted by molar-refractivity contribution is 4.78. The Hall–Kier alpha value is -0.0400. The Morgan fingerprint density at radius 2 is 1.62 bits per heavy atom. The Bertz CT molecular complexity index is 116. The quantitative estimate of drug-likeness (QED) is 0.600. The second kappa shape index (κ2) is 6.42. The van der Waals surface area contributed by atoms with Crippen LogP contribution < -0.4 is 0 Å². The lowest BCUT2D eigenvalue weighted by Gasteiger charge is -2.31. The fraction of sp³-hybridized carbons (Fsp3) is 1.00. The van der Waals surface area contributed by atoms with Crippen LogP contribution in [0.4, 0.5) is 0 Å². The molecule has 0 amide bonds. The van der Waals surface area contributed by atoms with Gasteiger partial charge < -0.3 is 5.11 Å². The third-order valence-electron chi connectivity index (χ3n) is 3.18. The maximum absolute atomic E-state index is 9.09. The predicted molar refractivity (Wildman–Crippen MR) is 56.7 cm³/mol. The molecular formula is C12H24O. The van der Waals surface area contributed by atoms with Gasteiger partial charge in [0, 0.05) is 0 Å². The Balaban J connectivity index is 1.74. The normalized spacial score (nSPS) is 27.2. The zero-order valence-electron chi connectivity index (χ0n) is 8.97. The SMILES string of the molecule is CCCCCCCCC1CC(O)C1. The lowest BCUT2D eigenvalue weighted by molar-refractivity contribution is 0.0380. The first-order valence-corrected chi connectivity index (χ1v) is 6.01. The van der Waals surface area contributed by atoms with Gasteiger partial charge in [-0.05, 0) is 18.8 Å². The van der Waals surface area contributed by atoms with Crippen LogP contribution in [-0.2, 0) is 0 Å². The molecule has 1 heteroatoms. The summed E-state index contributed by atoms with van der Waals surface area (Å²) in [6, 6.07) is 0. The van der Waals surface area contributed by atoms with Gasteiger partial charge in [0.15, 0.2) is 0 Å². The topological polar surface area (TPSA) is 20.2 Å². The van der Waals surface area contributed by atoms with E-state index in [9.17, 15) is 0 Å². The fourth-order valence-corrected chi connectivity index (χ4v) is 2.15. The molecule has 0 unspecified atom stereocenters. The number of aliphatic hydroxyl groups excluding tert-OH is 1. The lowest BCUT2D eigenvalue weighted by Crippen LogP contribution is -2.27. The molecule has 0 aromatic rings. The van der Waals surface area contributed by atoms with E-state index in [4.69, 9.17) is 5.11 Å². The number of hydrogen-bond acceptors (Lipinski definition) is 1. The average molecular weight is 184 g/mol. The summed E-state index contributed by atoms with van der Waals surface area (Å²) in [6.07, 6.45) is 12.0. The molecule has 1 fully saturated rings. The average Bonchev–Trinajstić information content (AvgIpc) is 2.07. The minimum absolute atomic E-state index is 0.0464. The van der Waals surface area contributed by atoms with Gasteiger partial charge in [0.25, 0.3) is 0 Å². The van der Waals surface area contributed by atoms with Gasteiger partial charge in [0.1, 0.15) is 0 Å². The molecule has 0 aliphatic heterocycles. The molecule has 0 spiro atoms. The Morgan fingerprint density at radius 3 is 2.23 bits per heavy atom. The summed E-state index contributed by atoms with van der Waals surface area (Å²) in [5.74, 6) is 0.862. The summed E-state index contributed by atoms with van der Waals surface area (Å²) in [6.45, 7) is 2.26. The van der Waals surface area contributed by atoms with E-state index >= 15 is 0 Å². The van der Waals surface area contributed by atoms with Crippen molar-refractivity contribution in [2.75, 3.05) is 0 Å². The first-order valence-electron chi connectivity index (χ1n) is 6.01. The van der Waals surface area contributed by atoms with Crippen LogP contribution >= 0.6 is 0 Å². The lowest BCUT2D eigenvalue weighted by atomic mass is 9.79. The molecule has 1 rings (SSSR count). The minimum atomic E-state index is 0.0464.